The summed E-state index contributed by atoms with van der Waals surface area (Å²) in [5, 5.41) is 6.22. The number of rotatable bonds is 6. The van der Waals surface area contributed by atoms with E-state index in [9.17, 15) is 18.0 Å². The summed E-state index contributed by atoms with van der Waals surface area (Å²) in [5.74, 6) is 0.148. The number of nitrogens with one attached hydrogen (secondary N) is 2. The molecule has 0 aliphatic carbocycles. The lowest BCUT2D eigenvalue weighted by Crippen LogP contribution is -2.57. The Hall–Kier alpha value is -2.81. The molecule has 1 unspecified atom stereocenters. The van der Waals surface area contributed by atoms with Gasteiger partial charge in [0.25, 0.3) is 0 Å². The molecule has 0 bridgehead atoms. The standard InChI is InChI=1S/C20H26F3N5O/c1-3-5-16(27-15-8-6-14(7-9-15)20(21,22)23)19(26-10-4-2)28-12-11-25-17(13-28)18(24)29/h4-10,17,25,27H,3,11-13H2,1-2H3,(H2,24,29)/b10-4-,16-5-,26-19-. The zero-order chi connectivity index (χ0) is 21.4. The fourth-order valence-electron chi connectivity index (χ4n) is 2.90. The van der Waals surface area contributed by atoms with Gasteiger partial charge < -0.3 is 21.3 Å². The number of primary amides is 1. The molecule has 1 heterocycles. The smallest absolute Gasteiger partial charge is 0.368 e. The van der Waals surface area contributed by atoms with E-state index in [-0.39, 0.29) is 0 Å². The number of carbonyl (C=O) groups is 1. The summed E-state index contributed by atoms with van der Waals surface area (Å²) in [6.07, 6.45) is 1.61. The molecule has 9 heteroatoms. The quantitative estimate of drug-likeness (QED) is 0.498. The van der Waals surface area contributed by atoms with E-state index in [0.29, 0.717) is 43.3 Å². The molecule has 2 rings (SSSR count). The number of halogens is 3. The molecule has 1 amide bonds. The Balaban J connectivity index is 2.30. The molecule has 1 saturated heterocycles. The van der Waals surface area contributed by atoms with Crippen LogP contribution >= 0.6 is 0 Å². The maximum absolute atomic E-state index is 12.8. The lowest BCUT2D eigenvalue weighted by atomic mass is 10.1. The third-order valence-electron chi connectivity index (χ3n) is 4.30. The number of aliphatic imine (C=N–C) groups is 1. The van der Waals surface area contributed by atoms with Crippen molar-refractivity contribution >= 4 is 17.4 Å². The van der Waals surface area contributed by atoms with Gasteiger partial charge in [0, 0.05) is 31.5 Å². The van der Waals surface area contributed by atoms with Gasteiger partial charge in [-0.15, -0.1) is 0 Å². The van der Waals surface area contributed by atoms with Crippen LogP contribution in [-0.2, 0) is 11.0 Å². The van der Waals surface area contributed by atoms with Crippen LogP contribution in [0.1, 0.15) is 25.8 Å². The molecule has 1 aliphatic heterocycles. The molecule has 4 N–H and O–H groups in total. The molecule has 0 aromatic heterocycles. The van der Waals surface area contributed by atoms with Crippen molar-refractivity contribution in [1.29, 1.82) is 0 Å². The van der Waals surface area contributed by atoms with Crippen molar-refractivity contribution in [3.8, 4) is 0 Å². The normalized spacial score (nSPS) is 18.9. The van der Waals surface area contributed by atoms with Gasteiger partial charge in [-0.05, 0) is 37.6 Å². The molecule has 29 heavy (non-hydrogen) atoms. The van der Waals surface area contributed by atoms with Gasteiger partial charge in [0.1, 0.15) is 6.04 Å². The van der Waals surface area contributed by atoms with E-state index in [1.165, 1.54) is 12.1 Å². The number of amidine groups is 1. The van der Waals surface area contributed by atoms with E-state index in [1.54, 1.807) is 12.3 Å². The zero-order valence-electron chi connectivity index (χ0n) is 16.5. The summed E-state index contributed by atoms with van der Waals surface area (Å²) >= 11 is 0. The van der Waals surface area contributed by atoms with Gasteiger partial charge in [0.2, 0.25) is 5.91 Å². The van der Waals surface area contributed by atoms with Gasteiger partial charge in [-0.1, -0.05) is 19.1 Å². The maximum atomic E-state index is 12.8. The fraction of sp³-hybridized carbons (Fsp3) is 0.400. The van der Waals surface area contributed by atoms with E-state index in [2.05, 4.69) is 15.6 Å². The minimum atomic E-state index is -4.39. The Morgan fingerprint density at radius 2 is 2.07 bits per heavy atom. The van der Waals surface area contributed by atoms with Crippen LogP contribution in [0.15, 0.2) is 53.3 Å². The number of benzene rings is 1. The second kappa shape index (κ2) is 10.1. The molecule has 0 saturated carbocycles. The van der Waals surface area contributed by atoms with Crippen LogP contribution in [0, 0.1) is 0 Å². The number of hydrogen-bond acceptors (Lipinski definition) is 4. The van der Waals surface area contributed by atoms with Crippen LogP contribution in [0.5, 0.6) is 0 Å². The molecule has 1 aromatic carbocycles. The third kappa shape index (κ3) is 6.35. The minimum Gasteiger partial charge on any atom is -0.368 e. The molecule has 1 atom stereocenters. The lowest BCUT2D eigenvalue weighted by molar-refractivity contribution is -0.137. The predicted octanol–water partition coefficient (Wildman–Crippen LogP) is 3.10. The highest BCUT2D eigenvalue weighted by Crippen LogP contribution is 2.30. The van der Waals surface area contributed by atoms with Crippen molar-refractivity contribution < 1.29 is 18.0 Å². The summed E-state index contributed by atoms with van der Waals surface area (Å²) in [7, 11) is 0. The van der Waals surface area contributed by atoms with Gasteiger partial charge in [-0.25, -0.2) is 4.99 Å². The lowest BCUT2D eigenvalue weighted by Gasteiger charge is -2.35. The van der Waals surface area contributed by atoms with Crippen LogP contribution in [-0.4, -0.2) is 42.3 Å². The number of nitrogens with zero attached hydrogens (tertiary/aromatic N) is 2. The molecule has 1 fully saturated rings. The summed E-state index contributed by atoms with van der Waals surface area (Å²) in [5.41, 5.74) is 5.88. The first-order chi connectivity index (χ1) is 13.8. The number of amides is 1. The minimum absolute atomic E-state index is 0.349. The summed E-state index contributed by atoms with van der Waals surface area (Å²) in [6, 6.07) is 4.31. The molecule has 158 valence electrons. The van der Waals surface area contributed by atoms with Crippen molar-refractivity contribution in [3.63, 3.8) is 0 Å². The Labute approximate surface area is 168 Å². The van der Waals surface area contributed by atoms with Gasteiger partial charge in [0.15, 0.2) is 5.84 Å². The first-order valence-corrected chi connectivity index (χ1v) is 9.37. The molecular formula is C20H26F3N5O. The number of nitrogens with two attached hydrogens (primary N) is 1. The number of allylic oxidation sites excluding steroid dienone is 2. The third-order valence-corrected chi connectivity index (χ3v) is 4.30. The van der Waals surface area contributed by atoms with Crippen molar-refractivity contribution in [3.05, 3.63) is 53.9 Å². The Morgan fingerprint density at radius 3 is 2.62 bits per heavy atom. The van der Waals surface area contributed by atoms with Crippen LogP contribution in [0.2, 0.25) is 0 Å². The van der Waals surface area contributed by atoms with Gasteiger partial charge in [0.05, 0.1) is 11.3 Å². The average molecular weight is 409 g/mol. The topological polar surface area (TPSA) is 82.8 Å². The second-order valence-electron chi connectivity index (χ2n) is 6.52. The van der Waals surface area contributed by atoms with Gasteiger partial charge in [-0.3, -0.25) is 4.79 Å². The van der Waals surface area contributed by atoms with Gasteiger partial charge in [-0.2, -0.15) is 13.2 Å². The van der Waals surface area contributed by atoms with Crippen molar-refractivity contribution in [1.82, 2.24) is 10.2 Å². The molecule has 0 spiro atoms. The van der Waals surface area contributed by atoms with Crippen LogP contribution in [0.3, 0.4) is 0 Å². The first-order valence-electron chi connectivity index (χ1n) is 9.37. The SMILES string of the molecule is C\C=C/N=C(/C(=C/CC)Nc1ccc(C(F)(F)F)cc1)N1CCNC(C(N)=O)C1. The molecular weight excluding hydrogens is 383 g/mol. The van der Waals surface area contributed by atoms with Crippen LogP contribution in [0.4, 0.5) is 18.9 Å². The number of hydrogen-bond donors (Lipinski definition) is 3. The highest BCUT2D eigenvalue weighted by atomic mass is 19.4. The zero-order valence-corrected chi connectivity index (χ0v) is 16.5. The maximum Gasteiger partial charge on any atom is 0.416 e. The van der Waals surface area contributed by atoms with E-state index < -0.39 is 23.7 Å². The Bertz CT molecular complexity index is 784. The first kappa shape index (κ1) is 22.5. The van der Waals surface area contributed by atoms with Crippen LogP contribution < -0.4 is 16.4 Å². The predicted molar refractivity (Wildman–Crippen MR) is 108 cm³/mol. The monoisotopic (exact) mass is 409 g/mol. The van der Waals surface area contributed by atoms with E-state index in [4.69, 9.17) is 5.73 Å². The highest BCUT2D eigenvalue weighted by molar-refractivity contribution is 6.01. The summed E-state index contributed by atoms with van der Waals surface area (Å²) in [4.78, 5) is 18.0. The number of piperazine rings is 1. The molecule has 1 aliphatic rings. The Morgan fingerprint density at radius 1 is 1.38 bits per heavy atom. The molecule has 6 nitrogen and oxygen atoms in total. The van der Waals surface area contributed by atoms with Crippen molar-refractivity contribution in [2.24, 2.45) is 10.7 Å². The highest BCUT2D eigenvalue weighted by Gasteiger charge is 2.30. The molecule has 1 aromatic rings. The average Bonchev–Trinajstić information content (AvgIpc) is 2.68. The van der Waals surface area contributed by atoms with E-state index >= 15 is 0 Å². The second-order valence-corrected chi connectivity index (χ2v) is 6.52. The van der Waals surface area contributed by atoms with Crippen molar-refractivity contribution in [2.75, 3.05) is 25.0 Å². The van der Waals surface area contributed by atoms with E-state index in [1.807, 2.05) is 24.8 Å². The Kier molecular flexibility index (Phi) is 7.83. The van der Waals surface area contributed by atoms with E-state index in [0.717, 1.165) is 12.1 Å². The van der Waals surface area contributed by atoms with Gasteiger partial charge >= 0.3 is 6.18 Å². The summed E-state index contributed by atoms with van der Waals surface area (Å²) in [6.45, 7) is 5.29. The van der Waals surface area contributed by atoms with Crippen molar-refractivity contribution in [2.45, 2.75) is 32.5 Å². The largest absolute Gasteiger partial charge is 0.416 e. The number of carbonyl (C=O) groups excluding carboxylic acids is 1. The number of alkyl halides is 3. The fourth-order valence-corrected chi connectivity index (χ4v) is 2.90. The number of anilines is 1. The van der Waals surface area contributed by atoms with Crippen LogP contribution in [0.25, 0.3) is 0 Å². The molecule has 0 radical (unpaired) electrons. The summed E-state index contributed by atoms with van der Waals surface area (Å²) < 4.78 is 38.4.